The Morgan fingerprint density at radius 2 is 1.48 bits per heavy atom. The van der Waals surface area contributed by atoms with Crippen LogP contribution in [0, 0.1) is 0 Å². The van der Waals surface area contributed by atoms with Crippen molar-refractivity contribution in [2.45, 2.75) is 18.1 Å². The molecule has 3 aliphatic rings. The molecule has 23 heavy (non-hydrogen) atoms. The van der Waals surface area contributed by atoms with E-state index in [1.54, 1.807) is 9.80 Å². The number of piperidine rings is 1. The number of hydrogen-bond acceptors (Lipinski definition) is 5. The molecule has 0 aliphatic carbocycles. The van der Waals surface area contributed by atoms with Crippen LogP contribution in [0.1, 0.15) is 12.8 Å². The number of urea groups is 1. The van der Waals surface area contributed by atoms with Crippen molar-refractivity contribution < 1.29 is 22.7 Å². The van der Waals surface area contributed by atoms with E-state index in [1.165, 1.54) is 4.31 Å². The largest absolute Gasteiger partial charge is 0.379 e. The van der Waals surface area contributed by atoms with Crippen LogP contribution >= 0.6 is 0 Å². The molecule has 9 heteroatoms. The number of carbonyl (C=O) groups is 1. The summed E-state index contributed by atoms with van der Waals surface area (Å²) < 4.78 is 37.6. The summed E-state index contributed by atoms with van der Waals surface area (Å²) >= 11 is 0. The molecule has 0 unspecified atom stereocenters. The maximum absolute atomic E-state index is 12.8. The van der Waals surface area contributed by atoms with Gasteiger partial charge in [-0.1, -0.05) is 0 Å². The highest BCUT2D eigenvalue weighted by atomic mass is 32.2. The SMILES string of the molecule is O=C(N1CCOCC1)N1CCC[C@H](S(=O)(=O)N2CCOCC2)C1. The van der Waals surface area contributed by atoms with Gasteiger partial charge in [0, 0.05) is 39.3 Å². The smallest absolute Gasteiger partial charge is 0.320 e. The Kier molecular flexibility index (Phi) is 5.40. The number of morpholine rings is 2. The van der Waals surface area contributed by atoms with E-state index in [0.717, 1.165) is 6.42 Å². The molecule has 0 N–H and O–H groups in total. The minimum Gasteiger partial charge on any atom is -0.379 e. The Morgan fingerprint density at radius 3 is 2.13 bits per heavy atom. The van der Waals surface area contributed by atoms with Crippen molar-refractivity contribution in [2.24, 2.45) is 0 Å². The van der Waals surface area contributed by atoms with E-state index in [0.29, 0.717) is 65.6 Å². The lowest BCUT2D eigenvalue weighted by Gasteiger charge is -2.39. The summed E-state index contributed by atoms with van der Waals surface area (Å²) in [6.45, 7) is 4.90. The van der Waals surface area contributed by atoms with Crippen LogP contribution < -0.4 is 0 Å². The highest BCUT2D eigenvalue weighted by Crippen LogP contribution is 2.22. The van der Waals surface area contributed by atoms with Crippen molar-refractivity contribution >= 4 is 16.1 Å². The van der Waals surface area contributed by atoms with Gasteiger partial charge >= 0.3 is 6.03 Å². The fourth-order valence-corrected chi connectivity index (χ4v) is 5.23. The molecule has 0 aromatic rings. The van der Waals surface area contributed by atoms with Crippen molar-refractivity contribution in [1.29, 1.82) is 0 Å². The first-order valence-electron chi connectivity index (χ1n) is 8.27. The zero-order valence-electron chi connectivity index (χ0n) is 13.4. The van der Waals surface area contributed by atoms with Crippen molar-refractivity contribution in [1.82, 2.24) is 14.1 Å². The Morgan fingerprint density at radius 1 is 0.870 bits per heavy atom. The molecule has 3 heterocycles. The number of nitrogens with zero attached hydrogens (tertiary/aromatic N) is 3. The van der Waals surface area contributed by atoms with Gasteiger partial charge in [0.15, 0.2) is 0 Å². The Bertz CT molecular complexity index is 515. The summed E-state index contributed by atoms with van der Waals surface area (Å²) in [6, 6.07) is -0.0600. The second-order valence-corrected chi connectivity index (χ2v) is 8.36. The number of amides is 2. The molecule has 132 valence electrons. The second-order valence-electron chi connectivity index (χ2n) is 6.15. The summed E-state index contributed by atoms with van der Waals surface area (Å²) in [4.78, 5) is 16.0. The van der Waals surface area contributed by atoms with E-state index in [2.05, 4.69) is 0 Å². The average molecular weight is 347 g/mol. The van der Waals surface area contributed by atoms with Crippen LogP contribution in [0.4, 0.5) is 4.79 Å². The summed E-state index contributed by atoms with van der Waals surface area (Å²) in [5.74, 6) is 0. The maximum Gasteiger partial charge on any atom is 0.320 e. The molecule has 3 fully saturated rings. The lowest BCUT2D eigenvalue weighted by molar-refractivity contribution is 0.0416. The molecular weight excluding hydrogens is 322 g/mol. The standard InChI is InChI=1S/C14H25N3O5S/c18-14(15-4-8-21-9-5-15)16-3-1-2-13(12-16)23(19,20)17-6-10-22-11-7-17/h13H,1-12H2/t13-/m0/s1. The number of sulfonamides is 1. The number of likely N-dealkylation sites (tertiary alicyclic amines) is 1. The molecular formula is C14H25N3O5S. The molecule has 2 amide bonds. The molecule has 0 radical (unpaired) electrons. The normalized spacial score (nSPS) is 27.9. The van der Waals surface area contributed by atoms with Gasteiger partial charge in [-0.2, -0.15) is 4.31 Å². The van der Waals surface area contributed by atoms with Gasteiger partial charge in [-0.15, -0.1) is 0 Å². The molecule has 3 saturated heterocycles. The van der Waals surface area contributed by atoms with Crippen LogP contribution in [0.15, 0.2) is 0 Å². The van der Waals surface area contributed by atoms with Crippen LogP contribution in [-0.2, 0) is 19.5 Å². The third-order valence-electron chi connectivity index (χ3n) is 4.68. The summed E-state index contributed by atoms with van der Waals surface area (Å²) in [6.07, 6.45) is 1.34. The topological polar surface area (TPSA) is 79.4 Å². The van der Waals surface area contributed by atoms with Gasteiger partial charge in [-0.25, -0.2) is 13.2 Å². The number of hydrogen-bond donors (Lipinski definition) is 0. The van der Waals surface area contributed by atoms with Crippen molar-refractivity contribution in [3.8, 4) is 0 Å². The Balaban J connectivity index is 1.64. The predicted molar refractivity (Wildman–Crippen MR) is 83.7 cm³/mol. The fraction of sp³-hybridized carbons (Fsp3) is 0.929. The van der Waals surface area contributed by atoms with E-state index in [4.69, 9.17) is 9.47 Å². The summed E-state index contributed by atoms with van der Waals surface area (Å²) in [5, 5.41) is -0.501. The van der Waals surface area contributed by atoms with Gasteiger partial charge < -0.3 is 19.3 Å². The highest BCUT2D eigenvalue weighted by Gasteiger charge is 2.38. The lowest BCUT2D eigenvalue weighted by Crippen LogP contribution is -2.55. The average Bonchev–Trinajstić information content (AvgIpc) is 2.62. The molecule has 0 bridgehead atoms. The third-order valence-corrected chi connectivity index (χ3v) is 6.99. The first-order chi connectivity index (χ1) is 11.1. The first kappa shape index (κ1) is 16.9. The van der Waals surface area contributed by atoms with Crippen molar-refractivity contribution in [3.05, 3.63) is 0 Å². The predicted octanol–water partition coefficient (Wildman–Crippen LogP) is -0.435. The van der Waals surface area contributed by atoms with E-state index < -0.39 is 15.3 Å². The van der Waals surface area contributed by atoms with Crippen molar-refractivity contribution in [3.63, 3.8) is 0 Å². The molecule has 3 aliphatic heterocycles. The molecule has 1 atom stereocenters. The van der Waals surface area contributed by atoms with Gasteiger partial charge in [0.2, 0.25) is 10.0 Å². The molecule has 8 nitrogen and oxygen atoms in total. The van der Waals surface area contributed by atoms with Crippen LogP contribution in [0.3, 0.4) is 0 Å². The van der Waals surface area contributed by atoms with E-state index in [-0.39, 0.29) is 12.6 Å². The molecule has 0 aromatic carbocycles. The van der Waals surface area contributed by atoms with Crippen molar-refractivity contribution in [2.75, 3.05) is 65.7 Å². The van der Waals surface area contributed by atoms with Gasteiger partial charge in [0.05, 0.1) is 31.7 Å². The van der Waals surface area contributed by atoms with Crippen LogP contribution in [0.2, 0.25) is 0 Å². The minimum absolute atomic E-state index is 0.0600. The fourth-order valence-electron chi connectivity index (χ4n) is 3.32. The maximum atomic E-state index is 12.8. The summed E-state index contributed by atoms with van der Waals surface area (Å²) in [5.41, 5.74) is 0. The number of ether oxygens (including phenoxy) is 2. The Labute approximate surface area is 137 Å². The quantitative estimate of drug-likeness (QED) is 0.677. The highest BCUT2D eigenvalue weighted by molar-refractivity contribution is 7.89. The van der Waals surface area contributed by atoms with Gasteiger partial charge in [0.1, 0.15) is 0 Å². The molecule has 0 aromatic heterocycles. The van der Waals surface area contributed by atoms with E-state index in [1.807, 2.05) is 0 Å². The number of rotatable bonds is 2. The molecule has 0 saturated carbocycles. The van der Waals surface area contributed by atoms with Gasteiger partial charge in [0.25, 0.3) is 0 Å². The second kappa shape index (κ2) is 7.33. The minimum atomic E-state index is -3.37. The van der Waals surface area contributed by atoms with Gasteiger partial charge in [-0.05, 0) is 12.8 Å². The van der Waals surface area contributed by atoms with Gasteiger partial charge in [-0.3, -0.25) is 0 Å². The molecule has 3 rings (SSSR count). The lowest BCUT2D eigenvalue weighted by atomic mass is 10.1. The first-order valence-corrected chi connectivity index (χ1v) is 9.77. The van der Waals surface area contributed by atoms with Crippen LogP contribution in [0.25, 0.3) is 0 Å². The Hall–Kier alpha value is -0.900. The third kappa shape index (κ3) is 3.78. The zero-order valence-corrected chi connectivity index (χ0v) is 14.2. The molecule has 0 spiro atoms. The van der Waals surface area contributed by atoms with E-state index >= 15 is 0 Å². The van der Waals surface area contributed by atoms with E-state index in [9.17, 15) is 13.2 Å². The monoisotopic (exact) mass is 347 g/mol. The van der Waals surface area contributed by atoms with Crippen LogP contribution in [0.5, 0.6) is 0 Å². The summed E-state index contributed by atoms with van der Waals surface area (Å²) in [7, 11) is -3.37. The van der Waals surface area contributed by atoms with Crippen LogP contribution in [-0.4, -0.2) is 99.5 Å². The zero-order chi connectivity index (χ0) is 16.3. The number of carbonyl (C=O) groups excluding carboxylic acids is 1.